The quantitative estimate of drug-likeness (QED) is 0.873. The topological polar surface area (TPSA) is 58.1 Å². The van der Waals surface area contributed by atoms with Gasteiger partial charge in [0.05, 0.1) is 11.4 Å². The molecule has 0 aromatic carbocycles. The predicted molar refractivity (Wildman–Crippen MR) is 74.1 cm³/mol. The molecular formula is C14H22N4O. The number of aryl methyl sites for hydroxylation is 2. The van der Waals surface area contributed by atoms with E-state index in [9.17, 15) is 4.79 Å². The number of nitrogens with zero attached hydrogens (tertiary/aromatic N) is 3. The van der Waals surface area contributed by atoms with Crippen molar-refractivity contribution < 1.29 is 4.79 Å². The Morgan fingerprint density at radius 3 is 2.63 bits per heavy atom. The van der Waals surface area contributed by atoms with Crippen LogP contribution in [0.2, 0.25) is 0 Å². The van der Waals surface area contributed by atoms with Crippen molar-refractivity contribution in [2.45, 2.75) is 39.2 Å². The Kier molecular flexibility index (Phi) is 3.85. The van der Waals surface area contributed by atoms with Gasteiger partial charge in [0.2, 0.25) is 0 Å². The number of rotatable bonds is 2. The van der Waals surface area contributed by atoms with Crippen LogP contribution >= 0.6 is 0 Å². The van der Waals surface area contributed by atoms with Crippen LogP contribution in [0.4, 0.5) is 0 Å². The summed E-state index contributed by atoms with van der Waals surface area (Å²) in [5, 5.41) is 3.13. The van der Waals surface area contributed by atoms with Gasteiger partial charge in [-0.1, -0.05) is 0 Å². The van der Waals surface area contributed by atoms with Gasteiger partial charge in [-0.25, -0.2) is 4.98 Å². The Morgan fingerprint density at radius 2 is 2.00 bits per heavy atom. The minimum absolute atomic E-state index is 0.110. The summed E-state index contributed by atoms with van der Waals surface area (Å²) in [5.74, 6) is -0.110. The van der Waals surface area contributed by atoms with Crippen molar-refractivity contribution in [1.82, 2.24) is 20.2 Å². The molecule has 1 aromatic heterocycles. The van der Waals surface area contributed by atoms with Crippen molar-refractivity contribution in [1.29, 1.82) is 0 Å². The van der Waals surface area contributed by atoms with Gasteiger partial charge in [0.15, 0.2) is 0 Å². The third kappa shape index (κ3) is 3.29. The van der Waals surface area contributed by atoms with Crippen molar-refractivity contribution in [2.75, 3.05) is 20.1 Å². The predicted octanol–water partition coefficient (Wildman–Crippen LogP) is 1.31. The number of hydrogen-bond acceptors (Lipinski definition) is 4. The molecule has 0 atom stereocenters. The van der Waals surface area contributed by atoms with Crippen LogP contribution in [0.25, 0.3) is 0 Å². The van der Waals surface area contributed by atoms with Gasteiger partial charge >= 0.3 is 0 Å². The van der Waals surface area contributed by atoms with E-state index in [1.54, 1.807) is 6.20 Å². The number of aromatic nitrogens is 2. The standard InChI is InChI=1S/C14H22N4O/c1-10-9-15-11(2)12(16-10)13(19)17-14(3)5-7-18(4)8-6-14/h9H,5-8H2,1-4H3,(H,17,19). The van der Waals surface area contributed by atoms with Gasteiger partial charge in [0.25, 0.3) is 5.91 Å². The molecule has 1 aliphatic heterocycles. The highest BCUT2D eigenvalue weighted by molar-refractivity contribution is 5.93. The summed E-state index contributed by atoms with van der Waals surface area (Å²) >= 11 is 0. The first kappa shape index (κ1) is 13.9. The lowest BCUT2D eigenvalue weighted by molar-refractivity contribution is 0.0845. The van der Waals surface area contributed by atoms with E-state index in [4.69, 9.17) is 0 Å². The average molecular weight is 262 g/mol. The first-order valence-electron chi connectivity index (χ1n) is 6.71. The highest BCUT2D eigenvalue weighted by Gasteiger charge is 2.31. The lowest BCUT2D eigenvalue weighted by Gasteiger charge is -2.38. The Bertz CT molecular complexity index is 478. The number of piperidine rings is 1. The third-order valence-corrected chi connectivity index (χ3v) is 3.80. The van der Waals surface area contributed by atoms with Crippen molar-refractivity contribution in [2.24, 2.45) is 0 Å². The lowest BCUT2D eigenvalue weighted by Crippen LogP contribution is -2.52. The fourth-order valence-electron chi connectivity index (χ4n) is 2.32. The Hall–Kier alpha value is -1.49. The van der Waals surface area contributed by atoms with Crippen molar-refractivity contribution in [3.8, 4) is 0 Å². The maximum Gasteiger partial charge on any atom is 0.272 e. The van der Waals surface area contributed by atoms with Gasteiger partial charge in [0.1, 0.15) is 5.69 Å². The first-order valence-corrected chi connectivity index (χ1v) is 6.71. The van der Waals surface area contributed by atoms with Crippen molar-refractivity contribution in [3.05, 3.63) is 23.3 Å². The summed E-state index contributed by atoms with van der Waals surface area (Å²) in [6.45, 7) is 7.79. The number of likely N-dealkylation sites (tertiary alicyclic amines) is 1. The van der Waals surface area contributed by atoms with Crippen LogP contribution in [-0.2, 0) is 0 Å². The fourth-order valence-corrected chi connectivity index (χ4v) is 2.32. The SMILES string of the molecule is Cc1cnc(C)c(C(=O)NC2(C)CCN(C)CC2)n1. The van der Waals surface area contributed by atoms with Crippen LogP contribution in [0.1, 0.15) is 41.6 Å². The second-order valence-electron chi connectivity index (χ2n) is 5.76. The van der Waals surface area contributed by atoms with Crippen molar-refractivity contribution in [3.63, 3.8) is 0 Å². The third-order valence-electron chi connectivity index (χ3n) is 3.80. The molecule has 0 saturated carbocycles. The smallest absolute Gasteiger partial charge is 0.272 e. The second kappa shape index (κ2) is 5.25. The van der Waals surface area contributed by atoms with Crippen LogP contribution in [0.3, 0.4) is 0 Å². The van der Waals surface area contributed by atoms with E-state index in [1.165, 1.54) is 0 Å². The largest absolute Gasteiger partial charge is 0.345 e. The normalized spacial score (nSPS) is 19.2. The summed E-state index contributed by atoms with van der Waals surface area (Å²) in [7, 11) is 2.11. The summed E-state index contributed by atoms with van der Waals surface area (Å²) in [6.07, 6.45) is 3.62. The van der Waals surface area contributed by atoms with E-state index in [0.717, 1.165) is 31.6 Å². The summed E-state index contributed by atoms with van der Waals surface area (Å²) < 4.78 is 0. The molecule has 1 aromatic rings. The number of amides is 1. The van der Waals surface area contributed by atoms with Gasteiger partial charge < -0.3 is 10.2 Å². The van der Waals surface area contributed by atoms with Gasteiger partial charge in [-0.3, -0.25) is 9.78 Å². The van der Waals surface area contributed by atoms with Crippen LogP contribution in [-0.4, -0.2) is 46.5 Å². The minimum atomic E-state index is -0.137. The van der Waals surface area contributed by atoms with E-state index < -0.39 is 0 Å². The van der Waals surface area contributed by atoms with E-state index in [1.807, 2.05) is 13.8 Å². The van der Waals surface area contributed by atoms with E-state index in [0.29, 0.717) is 11.4 Å². The molecule has 1 N–H and O–H groups in total. The highest BCUT2D eigenvalue weighted by Crippen LogP contribution is 2.21. The Labute approximate surface area is 114 Å². The Morgan fingerprint density at radius 1 is 1.37 bits per heavy atom. The molecule has 1 amide bonds. The number of hydrogen-bond donors (Lipinski definition) is 1. The zero-order valence-corrected chi connectivity index (χ0v) is 12.2. The lowest BCUT2D eigenvalue weighted by atomic mass is 9.89. The summed E-state index contributed by atoms with van der Waals surface area (Å²) in [5.41, 5.74) is 1.76. The molecule has 0 bridgehead atoms. The molecule has 2 heterocycles. The molecule has 1 saturated heterocycles. The fraction of sp³-hybridized carbons (Fsp3) is 0.643. The van der Waals surface area contributed by atoms with Crippen LogP contribution < -0.4 is 5.32 Å². The van der Waals surface area contributed by atoms with Crippen LogP contribution in [0, 0.1) is 13.8 Å². The monoisotopic (exact) mass is 262 g/mol. The van der Waals surface area contributed by atoms with E-state index in [2.05, 4.69) is 34.2 Å². The van der Waals surface area contributed by atoms with Crippen LogP contribution in [0.15, 0.2) is 6.20 Å². The van der Waals surface area contributed by atoms with Crippen molar-refractivity contribution >= 4 is 5.91 Å². The number of carbonyl (C=O) groups excluding carboxylic acids is 1. The summed E-state index contributed by atoms with van der Waals surface area (Å²) in [6, 6.07) is 0. The highest BCUT2D eigenvalue weighted by atomic mass is 16.2. The molecule has 104 valence electrons. The molecular weight excluding hydrogens is 240 g/mol. The number of nitrogens with one attached hydrogen (secondary N) is 1. The average Bonchev–Trinajstić information content (AvgIpc) is 2.36. The molecule has 2 rings (SSSR count). The van der Waals surface area contributed by atoms with Gasteiger partial charge in [0, 0.05) is 24.8 Å². The molecule has 5 nitrogen and oxygen atoms in total. The summed E-state index contributed by atoms with van der Waals surface area (Å²) in [4.78, 5) is 23.1. The van der Waals surface area contributed by atoms with Gasteiger partial charge in [-0.15, -0.1) is 0 Å². The van der Waals surface area contributed by atoms with E-state index >= 15 is 0 Å². The molecule has 1 aliphatic rings. The molecule has 19 heavy (non-hydrogen) atoms. The maximum atomic E-state index is 12.3. The Balaban J connectivity index is 2.10. The molecule has 0 radical (unpaired) electrons. The van der Waals surface area contributed by atoms with Gasteiger partial charge in [-0.2, -0.15) is 0 Å². The molecule has 5 heteroatoms. The number of carbonyl (C=O) groups is 1. The minimum Gasteiger partial charge on any atom is -0.345 e. The zero-order chi connectivity index (χ0) is 14.0. The maximum absolute atomic E-state index is 12.3. The van der Waals surface area contributed by atoms with Crippen LogP contribution in [0.5, 0.6) is 0 Å². The molecule has 1 fully saturated rings. The first-order chi connectivity index (χ1) is 8.89. The van der Waals surface area contributed by atoms with E-state index in [-0.39, 0.29) is 11.4 Å². The molecule has 0 aliphatic carbocycles. The zero-order valence-electron chi connectivity index (χ0n) is 12.2. The second-order valence-corrected chi connectivity index (χ2v) is 5.76. The molecule has 0 spiro atoms. The molecule has 0 unspecified atom stereocenters. The van der Waals surface area contributed by atoms with Gasteiger partial charge in [-0.05, 0) is 40.7 Å².